The molecule has 0 rings (SSSR count). The summed E-state index contributed by atoms with van der Waals surface area (Å²) in [7, 11) is 4.76. The fourth-order valence-corrected chi connectivity index (χ4v) is 0. The van der Waals surface area contributed by atoms with E-state index in [1.54, 1.807) is 0 Å². The molecule has 2 nitrogen and oxygen atoms in total. The first-order valence-corrected chi connectivity index (χ1v) is 4.59. The molecule has 1 N–H and O–H groups in total. The summed E-state index contributed by atoms with van der Waals surface area (Å²) < 4.78 is 0. The molecular formula is CHClO2Zn. The van der Waals surface area contributed by atoms with Gasteiger partial charge in [-0.1, -0.05) is 6.47 Å². The van der Waals surface area contributed by atoms with Crippen molar-refractivity contribution < 1.29 is 27.2 Å². The third-order valence-electron chi connectivity index (χ3n) is 0. The molecule has 0 atom stereocenters. The Bertz CT molecular complexity index is 17.1. The van der Waals surface area contributed by atoms with E-state index in [2.05, 4.69) is 0 Å². The van der Waals surface area contributed by atoms with Gasteiger partial charge in [0, 0.05) is 0 Å². The van der Waals surface area contributed by atoms with Gasteiger partial charge in [-0.25, -0.2) is 0 Å². The molecule has 5 heavy (non-hydrogen) atoms. The van der Waals surface area contributed by atoms with Crippen LogP contribution in [-0.2, 0) is 22.1 Å². The predicted octanol–water partition coefficient (Wildman–Crippen LogP) is 0.299. The van der Waals surface area contributed by atoms with Crippen molar-refractivity contribution in [3.05, 3.63) is 0 Å². The molecule has 0 aliphatic carbocycles. The topological polar surface area (TPSA) is 37.3 Å². The Balaban J connectivity index is 0. The van der Waals surface area contributed by atoms with Crippen LogP contribution in [0.2, 0.25) is 0 Å². The quantitative estimate of drug-likeness (QED) is 0.394. The Morgan fingerprint density at radius 3 is 1.80 bits per heavy atom. The van der Waals surface area contributed by atoms with Crippen LogP contribution in [0.1, 0.15) is 0 Å². The second-order valence-electron chi connectivity index (χ2n) is 0.0913. The van der Waals surface area contributed by atoms with E-state index < -0.39 is 0 Å². The summed E-state index contributed by atoms with van der Waals surface area (Å²) in [5, 5.41) is 6.76. The van der Waals surface area contributed by atoms with E-state index in [9.17, 15) is 0 Å². The first-order valence-electron chi connectivity index (χ1n) is 0.695. The molecule has 0 saturated heterocycles. The Labute approximate surface area is 43.8 Å². The first kappa shape index (κ1) is 9.04. The van der Waals surface area contributed by atoms with Crippen molar-refractivity contribution in [3.63, 3.8) is 0 Å². The van der Waals surface area contributed by atoms with Gasteiger partial charge >= 0.3 is 27.0 Å². The monoisotopic (exact) mass is 144 g/mol. The van der Waals surface area contributed by atoms with Crippen LogP contribution >= 0.6 is 9.69 Å². The van der Waals surface area contributed by atoms with Crippen LogP contribution in [0.3, 0.4) is 0 Å². The van der Waals surface area contributed by atoms with Crippen LogP contribution in [0.5, 0.6) is 0 Å². The van der Waals surface area contributed by atoms with Crippen molar-refractivity contribution >= 4 is 16.2 Å². The summed E-state index contributed by atoms with van der Waals surface area (Å²) in [6.45, 7) is 0.500. The fraction of sp³-hybridized carbons (Fsp3) is 0. The molecule has 0 saturated carbocycles. The van der Waals surface area contributed by atoms with Crippen molar-refractivity contribution in [2.45, 2.75) is 0 Å². The Hall–Kier alpha value is 0.383. The average Bonchev–Trinajstić information content (AvgIpc) is 1.46. The summed E-state index contributed by atoms with van der Waals surface area (Å²) in [5.74, 6) is 0. The van der Waals surface area contributed by atoms with Gasteiger partial charge in [-0.15, -0.1) is 0 Å². The molecule has 0 aromatic carbocycles. The number of hydrogen-bond donors (Lipinski definition) is 1. The molecule has 0 amide bonds. The standard InChI is InChI=1S/CHO2.ClH.Zn/c2-1-3;;/h(H,2,3);1H;/q-1;;+2/p-1. The number of halogens is 1. The Kier molecular flexibility index (Phi) is 47.4. The SMILES string of the molecule is O=[C-]O.[Cl][Zn+]. The third-order valence-corrected chi connectivity index (χ3v) is 0. The fourth-order valence-electron chi connectivity index (χ4n) is 0. The van der Waals surface area contributed by atoms with Gasteiger partial charge in [0.2, 0.25) is 0 Å². The zero-order chi connectivity index (χ0) is 4.71. The molecule has 0 aliphatic heterocycles. The van der Waals surface area contributed by atoms with Crippen molar-refractivity contribution in [1.29, 1.82) is 0 Å². The zero-order valence-corrected chi connectivity index (χ0v) is 6.16. The summed E-state index contributed by atoms with van der Waals surface area (Å²) in [6, 6.07) is 0. The van der Waals surface area contributed by atoms with Gasteiger partial charge in [0.05, 0.1) is 0 Å². The second kappa shape index (κ2) is 26.2. The summed E-state index contributed by atoms with van der Waals surface area (Å²) in [6.07, 6.45) is 0. The average molecular weight is 146 g/mol. The zero-order valence-electron chi connectivity index (χ0n) is 2.44. The van der Waals surface area contributed by atoms with Crippen LogP contribution < -0.4 is 0 Å². The first-order chi connectivity index (χ1) is 2.41. The molecule has 0 bridgehead atoms. The number of aliphatic hydroxyl groups excluding tert-OH is 1. The van der Waals surface area contributed by atoms with E-state index >= 15 is 0 Å². The molecule has 0 unspecified atom stereocenters. The van der Waals surface area contributed by atoms with Gasteiger partial charge in [-0.05, 0) is 0 Å². The minimum atomic E-state index is 0.500. The van der Waals surface area contributed by atoms with Gasteiger partial charge < -0.3 is 9.90 Å². The van der Waals surface area contributed by atoms with Crippen molar-refractivity contribution in [2.24, 2.45) is 0 Å². The van der Waals surface area contributed by atoms with Crippen LogP contribution in [0.15, 0.2) is 0 Å². The van der Waals surface area contributed by atoms with Gasteiger partial charge in [0.1, 0.15) is 0 Å². The Morgan fingerprint density at radius 2 is 1.80 bits per heavy atom. The molecule has 0 fully saturated rings. The molecule has 0 heterocycles. The normalized spacial score (nSPS) is 3.80. The van der Waals surface area contributed by atoms with Crippen LogP contribution in [-0.4, -0.2) is 11.6 Å². The van der Waals surface area contributed by atoms with Crippen molar-refractivity contribution in [2.75, 3.05) is 0 Å². The van der Waals surface area contributed by atoms with Crippen molar-refractivity contribution in [1.82, 2.24) is 0 Å². The summed E-state index contributed by atoms with van der Waals surface area (Å²) >= 11 is 0.847. The molecule has 26 valence electrons. The van der Waals surface area contributed by atoms with E-state index in [1.165, 1.54) is 0 Å². The van der Waals surface area contributed by atoms with Gasteiger partial charge in [0.15, 0.2) is 0 Å². The molecule has 0 aliphatic rings. The molecule has 0 aromatic heterocycles. The molecular weight excluding hydrogens is 145 g/mol. The maximum atomic E-state index is 8.24. The van der Waals surface area contributed by atoms with Gasteiger partial charge in [-0.2, -0.15) is 0 Å². The van der Waals surface area contributed by atoms with E-state index in [0.717, 1.165) is 17.3 Å². The second-order valence-corrected chi connectivity index (χ2v) is 0.0913. The van der Waals surface area contributed by atoms with E-state index in [4.69, 9.17) is 19.6 Å². The molecule has 0 radical (unpaired) electrons. The van der Waals surface area contributed by atoms with Crippen LogP contribution in [0.4, 0.5) is 0 Å². The molecule has 0 spiro atoms. The van der Waals surface area contributed by atoms with Crippen LogP contribution in [0, 0.1) is 0 Å². The van der Waals surface area contributed by atoms with E-state index in [1.807, 2.05) is 0 Å². The Morgan fingerprint density at radius 1 is 1.80 bits per heavy atom. The maximum absolute atomic E-state index is 8.24. The third kappa shape index (κ3) is 169. The summed E-state index contributed by atoms with van der Waals surface area (Å²) in [4.78, 5) is 8.24. The molecule has 0 aromatic rings. The molecule has 4 heteroatoms. The van der Waals surface area contributed by atoms with Gasteiger partial charge in [0.25, 0.3) is 0 Å². The van der Waals surface area contributed by atoms with Crippen LogP contribution in [0.25, 0.3) is 0 Å². The minimum absolute atomic E-state index is 0.500. The van der Waals surface area contributed by atoms with E-state index in [0.29, 0.717) is 6.47 Å². The number of hydrogen-bond acceptors (Lipinski definition) is 1. The van der Waals surface area contributed by atoms with E-state index in [-0.39, 0.29) is 0 Å². The summed E-state index contributed by atoms with van der Waals surface area (Å²) in [5.41, 5.74) is 0. The van der Waals surface area contributed by atoms with Crippen molar-refractivity contribution in [3.8, 4) is 0 Å². The number of rotatable bonds is 0. The predicted molar refractivity (Wildman–Crippen MR) is 14.2 cm³/mol. The van der Waals surface area contributed by atoms with Gasteiger partial charge in [-0.3, -0.25) is 0 Å².